The van der Waals surface area contributed by atoms with Crippen molar-refractivity contribution in [3.8, 4) is 0 Å². The molecule has 1 aromatic rings. The van der Waals surface area contributed by atoms with Gasteiger partial charge in [0, 0.05) is 24.3 Å². The Hall–Kier alpha value is -1.38. The lowest BCUT2D eigenvalue weighted by molar-refractivity contribution is 0.112. The van der Waals surface area contributed by atoms with Crippen LogP contribution in [0.25, 0.3) is 0 Å². The molecule has 2 nitrogen and oxygen atoms in total. The molecule has 1 saturated carbocycles. The van der Waals surface area contributed by atoms with Crippen LogP contribution in [-0.2, 0) is 0 Å². The molecule has 0 amide bonds. The summed E-state index contributed by atoms with van der Waals surface area (Å²) in [5.74, 6) is 0.385. The average Bonchev–Trinajstić information content (AvgIpc) is 2.37. The predicted octanol–water partition coefficient (Wildman–Crippen LogP) is 3.65. The fourth-order valence-electron chi connectivity index (χ4n) is 2.83. The van der Waals surface area contributed by atoms with E-state index in [9.17, 15) is 9.18 Å². The normalized spacial score (nSPS) is 23.7. The Morgan fingerprint density at radius 2 is 2.11 bits per heavy atom. The van der Waals surface area contributed by atoms with Gasteiger partial charge in [0.2, 0.25) is 0 Å². The highest BCUT2D eigenvalue weighted by Crippen LogP contribution is 2.30. The third-order valence-electron chi connectivity index (χ3n) is 3.90. The summed E-state index contributed by atoms with van der Waals surface area (Å²) in [6.45, 7) is 2.27. The van der Waals surface area contributed by atoms with Gasteiger partial charge in [-0.2, -0.15) is 0 Å². The van der Waals surface area contributed by atoms with E-state index in [-0.39, 0.29) is 5.82 Å². The van der Waals surface area contributed by atoms with Crippen LogP contribution in [0.15, 0.2) is 18.2 Å². The standard InChI is InChI=1S/C15H20FNO/c1-11-4-3-5-14(6-11)17(2)15-8-12(10-18)7-13(16)9-15/h7-11,14H,3-6H2,1-2H3. The second-order valence-corrected chi connectivity index (χ2v) is 5.40. The maximum Gasteiger partial charge on any atom is 0.150 e. The van der Waals surface area contributed by atoms with Gasteiger partial charge in [-0.1, -0.05) is 19.8 Å². The van der Waals surface area contributed by atoms with Crippen molar-refractivity contribution in [1.82, 2.24) is 0 Å². The predicted molar refractivity (Wildman–Crippen MR) is 71.6 cm³/mol. The summed E-state index contributed by atoms with van der Waals surface area (Å²) in [6.07, 6.45) is 5.50. The van der Waals surface area contributed by atoms with E-state index in [1.165, 1.54) is 25.0 Å². The van der Waals surface area contributed by atoms with Gasteiger partial charge in [0.1, 0.15) is 12.1 Å². The van der Waals surface area contributed by atoms with Crippen LogP contribution in [-0.4, -0.2) is 19.4 Å². The number of rotatable bonds is 3. The summed E-state index contributed by atoms with van der Waals surface area (Å²) >= 11 is 0. The number of hydrogen-bond donors (Lipinski definition) is 0. The average molecular weight is 249 g/mol. The molecule has 2 atom stereocenters. The van der Waals surface area contributed by atoms with E-state index in [0.29, 0.717) is 17.9 Å². The summed E-state index contributed by atoms with van der Waals surface area (Å²) in [5.41, 5.74) is 1.21. The molecule has 3 heteroatoms. The molecular formula is C15H20FNO. The minimum absolute atomic E-state index is 0.342. The fourth-order valence-corrected chi connectivity index (χ4v) is 2.83. The molecule has 0 saturated heterocycles. The molecule has 0 radical (unpaired) electrons. The van der Waals surface area contributed by atoms with Crippen molar-refractivity contribution in [2.24, 2.45) is 5.92 Å². The zero-order valence-electron chi connectivity index (χ0n) is 11.0. The lowest BCUT2D eigenvalue weighted by Gasteiger charge is -2.35. The first-order valence-electron chi connectivity index (χ1n) is 6.58. The quantitative estimate of drug-likeness (QED) is 0.762. The Kier molecular flexibility index (Phi) is 4.00. The Morgan fingerprint density at radius 1 is 1.33 bits per heavy atom. The van der Waals surface area contributed by atoms with E-state index in [0.717, 1.165) is 24.4 Å². The number of benzene rings is 1. The van der Waals surface area contributed by atoms with Gasteiger partial charge in [0.05, 0.1) is 0 Å². The molecule has 1 fully saturated rings. The second-order valence-electron chi connectivity index (χ2n) is 5.40. The van der Waals surface area contributed by atoms with Gasteiger partial charge in [-0.05, 0) is 37.0 Å². The first-order chi connectivity index (χ1) is 8.60. The number of anilines is 1. The highest BCUT2D eigenvalue weighted by molar-refractivity contribution is 5.77. The summed E-state index contributed by atoms with van der Waals surface area (Å²) < 4.78 is 13.4. The molecule has 0 aliphatic heterocycles. The Labute approximate surface area is 108 Å². The van der Waals surface area contributed by atoms with E-state index in [1.54, 1.807) is 6.07 Å². The van der Waals surface area contributed by atoms with Crippen LogP contribution >= 0.6 is 0 Å². The van der Waals surface area contributed by atoms with Crippen molar-refractivity contribution in [3.05, 3.63) is 29.6 Å². The van der Waals surface area contributed by atoms with Crippen LogP contribution in [0, 0.1) is 11.7 Å². The molecule has 98 valence electrons. The first kappa shape index (κ1) is 13.1. The van der Waals surface area contributed by atoms with Gasteiger partial charge in [0.25, 0.3) is 0 Å². The Bertz CT molecular complexity index is 433. The Balaban J connectivity index is 2.19. The molecule has 0 aromatic heterocycles. The number of hydrogen-bond acceptors (Lipinski definition) is 2. The molecule has 1 aromatic carbocycles. The summed E-state index contributed by atoms with van der Waals surface area (Å²) in [7, 11) is 1.99. The van der Waals surface area contributed by atoms with Gasteiger partial charge in [-0.25, -0.2) is 4.39 Å². The summed E-state index contributed by atoms with van der Waals surface area (Å²) in [6, 6.07) is 4.99. The van der Waals surface area contributed by atoms with Crippen molar-refractivity contribution < 1.29 is 9.18 Å². The van der Waals surface area contributed by atoms with Crippen LogP contribution in [0.2, 0.25) is 0 Å². The van der Waals surface area contributed by atoms with Gasteiger partial charge in [-0.15, -0.1) is 0 Å². The van der Waals surface area contributed by atoms with Gasteiger partial charge >= 0.3 is 0 Å². The number of carbonyl (C=O) groups is 1. The fraction of sp³-hybridized carbons (Fsp3) is 0.533. The number of aldehydes is 1. The number of nitrogens with zero attached hydrogens (tertiary/aromatic N) is 1. The van der Waals surface area contributed by atoms with E-state index in [1.807, 2.05) is 7.05 Å². The van der Waals surface area contributed by atoms with Crippen molar-refractivity contribution in [2.75, 3.05) is 11.9 Å². The van der Waals surface area contributed by atoms with Crippen LogP contribution in [0.4, 0.5) is 10.1 Å². The molecule has 2 unspecified atom stereocenters. The largest absolute Gasteiger partial charge is 0.371 e. The zero-order valence-corrected chi connectivity index (χ0v) is 11.0. The monoisotopic (exact) mass is 249 g/mol. The van der Waals surface area contributed by atoms with Crippen LogP contribution in [0.5, 0.6) is 0 Å². The summed E-state index contributed by atoms with van der Waals surface area (Å²) in [5, 5.41) is 0. The third-order valence-corrected chi connectivity index (χ3v) is 3.90. The van der Waals surface area contributed by atoms with Crippen LogP contribution in [0.1, 0.15) is 43.0 Å². The van der Waals surface area contributed by atoms with Crippen LogP contribution in [0.3, 0.4) is 0 Å². The Morgan fingerprint density at radius 3 is 2.78 bits per heavy atom. The van der Waals surface area contributed by atoms with Gasteiger partial charge in [-0.3, -0.25) is 4.79 Å². The SMILES string of the molecule is CC1CCCC(N(C)c2cc(F)cc(C=O)c2)C1. The van der Waals surface area contributed by atoms with Crippen molar-refractivity contribution in [2.45, 2.75) is 38.6 Å². The molecule has 1 aliphatic rings. The maximum atomic E-state index is 13.4. The molecule has 0 heterocycles. The molecule has 0 N–H and O–H groups in total. The molecule has 18 heavy (non-hydrogen) atoms. The van der Waals surface area contributed by atoms with Crippen molar-refractivity contribution in [1.29, 1.82) is 0 Å². The van der Waals surface area contributed by atoms with Gasteiger partial charge in [0.15, 0.2) is 0 Å². The van der Waals surface area contributed by atoms with E-state index >= 15 is 0 Å². The van der Waals surface area contributed by atoms with E-state index in [2.05, 4.69) is 11.8 Å². The number of carbonyl (C=O) groups excluding carboxylic acids is 1. The van der Waals surface area contributed by atoms with E-state index in [4.69, 9.17) is 0 Å². The summed E-state index contributed by atoms with van der Waals surface area (Å²) in [4.78, 5) is 12.9. The smallest absolute Gasteiger partial charge is 0.150 e. The number of halogens is 1. The third kappa shape index (κ3) is 2.89. The van der Waals surface area contributed by atoms with Gasteiger partial charge < -0.3 is 4.90 Å². The minimum Gasteiger partial charge on any atom is -0.371 e. The maximum absolute atomic E-state index is 13.4. The molecule has 0 spiro atoms. The highest BCUT2D eigenvalue weighted by atomic mass is 19.1. The molecule has 0 bridgehead atoms. The molecule has 1 aliphatic carbocycles. The first-order valence-corrected chi connectivity index (χ1v) is 6.58. The molecule has 2 rings (SSSR count). The lowest BCUT2D eigenvalue weighted by Crippen LogP contribution is -2.35. The molecular weight excluding hydrogens is 229 g/mol. The van der Waals surface area contributed by atoms with Crippen molar-refractivity contribution >= 4 is 12.0 Å². The minimum atomic E-state index is -0.342. The second kappa shape index (κ2) is 5.51. The van der Waals surface area contributed by atoms with Crippen molar-refractivity contribution in [3.63, 3.8) is 0 Å². The highest BCUT2D eigenvalue weighted by Gasteiger charge is 2.23. The zero-order chi connectivity index (χ0) is 13.1. The topological polar surface area (TPSA) is 20.3 Å². The lowest BCUT2D eigenvalue weighted by atomic mass is 9.86. The van der Waals surface area contributed by atoms with Crippen LogP contribution < -0.4 is 4.90 Å². The van der Waals surface area contributed by atoms with E-state index < -0.39 is 0 Å².